The van der Waals surface area contributed by atoms with Crippen molar-refractivity contribution in [2.45, 2.75) is 45.9 Å². The molecule has 2 aromatic carbocycles. The van der Waals surface area contributed by atoms with E-state index in [9.17, 15) is 4.79 Å². The van der Waals surface area contributed by atoms with Crippen molar-refractivity contribution in [1.82, 2.24) is 15.1 Å². The average molecular weight is 408 g/mol. The van der Waals surface area contributed by atoms with Gasteiger partial charge in [-0.1, -0.05) is 30.3 Å². The van der Waals surface area contributed by atoms with Gasteiger partial charge in [0.15, 0.2) is 0 Å². The van der Waals surface area contributed by atoms with E-state index in [0.29, 0.717) is 6.61 Å². The molecule has 0 bridgehead atoms. The molecule has 0 saturated heterocycles. The van der Waals surface area contributed by atoms with E-state index in [-0.39, 0.29) is 6.04 Å². The maximum Gasteiger partial charge on any atom is 0.408 e. The minimum atomic E-state index is -0.550. The lowest BCUT2D eigenvalue weighted by molar-refractivity contribution is 0.0508. The van der Waals surface area contributed by atoms with Crippen LogP contribution < -0.4 is 10.1 Å². The van der Waals surface area contributed by atoms with Gasteiger partial charge in [0.05, 0.1) is 12.2 Å². The van der Waals surface area contributed by atoms with Crippen molar-refractivity contribution in [3.8, 4) is 16.9 Å². The third-order valence-corrected chi connectivity index (χ3v) is 4.45. The molecule has 0 aliphatic heterocycles. The smallest absolute Gasteiger partial charge is 0.408 e. The summed E-state index contributed by atoms with van der Waals surface area (Å²) in [6, 6.07) is 15.7. The molecule has 0 unspecified atom stereocenters. The minimum absolute atomic E-state index is 0.254. The van der Waals surface area contributed by atoms with Crippen LogP contribution in [0, 0.1) is 0 Å². The van der Waals surface area contributed by atoms with E-state index in [0.717, 1.165) is 28.0 Å². The van der Waals surface area contributed by atoms with Crippen molar-refractivity contribution in [3.63, 3.8) is 0 Å². The summed E-state index contributed by atoms with van der Waals surface area (Å²) in [6.07, 6.45) is 3.31. The molecule has 1 N–H and O–H groups in total. The van der Waals surface area contributed by atoms with Crippen LogP contribution in [0.25, 0.3) is 11.1 Å². The summed E-state index contributed by atoms with van der Waals surface area (Å²) in [5.41, 5.74) is 3.41. The van der Waals surface area contributed by atoms with Crippen LogP contribution >= 0.6 is 0 Å². The summed E-state index contributed by atoms with van der Waals surface area (Å²) in [4.78, 5) is 12.2. The van der Waals surface area contributed by atoms with Crippen LogP contribution in [-0.4, -0.2) is 21.5 Å². The molecule has 0 aliphatic rings. The number of hydrogen-bond donors (Lipinski definition) is 1. The van der Waals surface area contributed by atoms with Gasteiger partial charge >= 0.3 is 6.09 Å². The first-order valence-corrected chi connectivity index (χ1v) is 10.00. The Kier molecular flexibility index (Phi) is 6.45. The van der Waals surface area contributed by atoms with Crippen molar-refractivity contribution >= 4 is 6.09 Å². The Morgan fingerprint density at radius 1 is 1.13 bits per heavy atom. The molecule has 1 amide bonds. The zero-order valence-electron chi connectivity index (χ0n) is 18.2. The number of hydrogen-bond acceptors (Lipinski definition) is 4. The lowest BCUT2D eigenvalue weighted by Gasteiger charge is -2.22. The number of nitrogens with zero attached hydrogens (tertiary/aromatic N) is 2. The molecule has 3 aromatic rings. The largest absolute Gasteiger partial charge is 0.489 e. The van der Waals surface area contributed by atoms with Gasteiger partial charge < -0.3 is 14.8 Å². The number of aromatic nitrogens is 2. The van der Waals surface area contributed by atoms with Gasteiger partial charge in [-0.15, -0.1) is 0 Å². The fraction of sp³-hybridized carbons (Fsp3) is 0.333. The van der Waals surface area contributed by atoms with E-state index < -0.39 is 11.7 Å². The average Bonchev–Trinajstić information content (AvgIpc) is 3.12. The quantitative estimate of drug-likeness (QED) is 0.606. The third kappa shape index (κ3) is 6.11. The van der Waals surface area contributed by atoms with Crippen LogP contribution in [0.15, 0.2) is 60.9 Å². The van der Waals surface area contributed by atoms with Gasteiger partial charge in [-0.2, -0.15) is 5.10 Å². The first kappa shape index (κ1) is 21.4. The number of benzene rings is 2. The zero-order valence-corrected chi connectivity index (χ0v) is 18.2. The maximum atomic E-state index is 12.2. The van der Waals surface area contributed by atoms with E-state index in [1.54, 1.807) is 4.68 Å². The van der Waals surface area contributed by atoms with E-state index in [2.05, 4.69) is 10.4 Å². The molecule has 0 fully saturated rings. The highest BCUT2D eigenvalue weighted by Crippen LogP contribution is 2.29. The molecular weight excluding hydrogens is 378 g/mol. The molecule has 3 rings (SSSR count). The summed E-state index contributed by atoms with van der Waals surface area (Å²) in [5, 5.41) is 7.17. The highest BCUT2D eigenvalue weighted by Gasteiger charge is 2.19. The van der Waals surface area contributed by atoms with Crippen LogP contribution in [0.2, 0.25) is 0 Å². The third-order valence-electron chi connectivity index (χ3n) is 4.45. The molecule has 1 heterocycles. The van der Waals surface area contributed by atoms with Gasteiger partial charge in [0.25, 0.3) is 0 Å². The lowest BCUT2D eigenvalue weighted by atomic mass is 10.0. The summed E-state index contributed by atoms with van der Waals surface area (Å²) in [7, 11) is 1.88. The molecule has 0 radical (unpaired) electrons. The van der Waals surface area contributed by atoms with Crippen molar-refractivity contribution < 1.29 is 14.3 Å². The van der Waals surface area contributed by atoms with Crippen molar-refractivity contribution in [3.05, 3.63) is 72.1 Å². The highest BCUT2D eigenvalue weighted by atomic mass is 16.6. The SMILES string of the molecule is C[C@@H](NC(=O)OC(C)(C)C)c1cc(OCc2ccccc2)cc(-c2cnn(C)c2)c1. The summed E-state index contributed by atoms with van der Waals surface area (Å²) >= 11 is 0. The van der Waals surface area contributed by atoms with Crippen molar-refractivity contribution in [2.75, 3.05) is 0 Å². The molecule has 30 heavy (non-hydrogen) atoms. The predicted molar refractivity (Wildman–Crippen MR) is 117 cm³/mol. The normalized spacial score (nSPS) is 12.3. The molecule has 0 spiro atoms. The van der Waals surface area contributed by atoms with Crippen LogP contribution in [0.4, 0.5) is 4.79 Å². The highest BCUT2D eigenvalue weighted by molar-refractivity contribution is 5.69. The molecule has 0 aliphatic carbocycles. The number of nitrogens with one attached hydrogen (secondary N) is 1. The molecule has 1 atom stereocenters. The summed E-state index contributed by atoms with van der Waals surface area (Å²) < 4.78 is 13.2. The topological polar surface area (TPSA) is 65.4 Å². The second-order valence-electron chi connectivity index (χ2n) is 8.34. The Hall–Kier alpha value is -3.28. The predicted octanol–water partition coefficient (Wildman–Crippen LogP) is 5.25. The molecule has 0 saturated carbocycles. The monoisotopic (exact) mass is 407 g/mol. The minimum Gasteiger partial charge on any atom is -0.489 e. The van der Waals surface area contributed by atoms with E-state index >= 15 is 0 Å². The zero-order chi connectivity index (χ0) is 21.7. The fourth-order valence-corrected chi connectivity index (χ4v) is 3.00. The molecular formula is C24H29N3O3. The van der Waals surface area contributed by atoms with Gasteiger partial charge in [-0.05, 0) is 62.6 Å². The van der Waals surface area contributed by atoms with Crippen LogP contribution in [0.1, 0.15) is 44.9 Å². The van der Waals surface area contributed by atoms with Gasteiger partial charge in [0.1, 0.15) is 18.0 Å². The number of rotatable bonds is 6. The van der Waals surface area contributed by atoms with E-state index in [1.807, 2.05) is 95.7 Å². The van der Waals surface area contributed by atoms with Crippen molar-refractivity contribution in [1.29, 1.82) is 0 Å². The Bertz CT molecular complexity index is 990. The van der Waals surface area contributed by atoms with Gasteiger partial charge in [-0.25, -0.2) is 4.79 Å². The molecule has 1 aromatic heterocycles. The number of amides is 1. The Morgan fingerprint density at radius 3 is 2.50 bits per heavy atom. The van der Waals surface area contributed by atoms with Crippen LogP contribution in [0.5, 0.6) is 5.75 Å². The number of carbonyl (C=O) groups is 1. The number of ether oxygens (including phenoxy) is 2. The summed E-state index contributed by atoms with van der Waals surface area (Å²) in [5.74, 6) is 0.730. The van der Waals surface area contributed by atoms with E-state index in [1.165, 1.54) is 0 Å². The van der Waals surface area contributed by atoms with Gasteiger partial charge in [-0.3, -0.25) is 4.68 Å². The van der Waals surface area contributed by atoms with Crippen molar-refractivity contribution in [2.24, 2.45) is 7.05 Å². The van der Waals surface area contributed by atoms with Crippen LogP contribution in [-0.2, 0) is 18.4 Å². The van der Waals surface area contributed by atoms with Crippen LogP contribution in [0.3, 0.4) is 0 Å². The standard InChI is InChI=1S/C24H29N3O3/c1-17(26-23(28)30-24(2,3)4)19-11-20(21-14-25-27(5)15-21)13-22(12-19)29-16-18-9-7-6-8-10-18/h6-15,17H,16H2,1-5H3,(H,26,28)/t17-/m1/s1. The molecule has 158 valence electrons. The number of aryl methyl sites for hydroxylation is 1. The van der Waals surface area contributed by atoms with E-state index in [4.69, 9.17) is 9.47 Å². The number of carbonyl (C=O) groups excluding carboxylic acids is 1. The first-order chi connectivity index (χ1) is 14.2. The first-order valence-electron chi connectivity index (χ1n) is 10.00. The maximum absolute atomic E-state index is 12.2. The lowest BCUT2D eigenvalue weighted by Crippen LogP contribution is -2.34. The fourth-order valence-electron chi connectivity index (χ4n) is 3.00. The molecule has 6 heteroatoms. The van der Waals surface area contributed by atoms with Gasteiger partial charge in [0, 0.05) is 18.8 Å². The molecule has 6 nitrogen and oxygen atoms in total. The Morgan fingerprint density at radius 2 is 1.87 bits per heavy atom. The Balaban J connectivity index is 1.84. The Labute approximate surface area is 177 Å². The second kappa shape index (κ2) is 9.03. The number of alkyl carbamates (subject to hydrolysis) is 1. The second-order valence-corrected chi connectivity index (χ2v) is 8.34. The van der Waals surface area contributed by atoms with Gasteiger partial charge in [0.2, 0.25) is 0 Å². The summed E-state index contributed by atoms with van der Waals surface area (Å²) in [6.45, 7) is 7.92.